The minimum atomic E-state index is 0.269. The highest BCUT2D eigenvalue weighted by Gasteiger charge is 2.34. The van der Waals surface area contributed by atoms with Gasteiger partial charge in [-0.1, -0.05) is 45.4 Å². The molecule has 2 atom stereocenters. The van der Waals surface area contributed by atoms with Gasteiger partial charge in [0.25, 0.3) is 0 Å². The van der Waals surface area contributed by atoms with Gasteiger partial charge in [-0.3, -0.25) is 0 Å². The number of hydrogen-bond donors (Lipinski definition) is 1. The van der Waals surface area contributed by atoms with Crippen LogP contribution in [0.1, 0.15) is 71.1 Å². The van der Waals surface area contributed by atoms with E-state index in [1.54, 1.807) is 0 Å². The summed E-state index contributed by atoms with van der Waals surface area (Å²) in [5.74, 6) is 2.38. The van der Waals surface area contributed by atoms with E-state index in [1.807, 2.05) is 7.11 Å². The summed E-state index contributed by atoms with van der Waals surface area (Å²) in [5, 5.41) is 0. The van der Waals surface area contributed by atoms with Crippen LogP contribution in [0.2, 0.25) is 0 Å². The number of rotatable bonds is 5. The lowest BCUT2D eigenvalue weighted by molar-refractivity contribution is -0.00347. The molecule has 2 rings (SSSR count). The van der Waals surface area contributed by atoms with Crippen molar-refractivity contribution in [1.29, 1.82) is 0 Å². The molecule has 0 heterocycles. The Balaban J connectivity index is 1.87. The number of nitrogens with two attached hydrogens (primary N) is 1. The van der Waals surface area contributed by atoms with Crippen LogP contribution in [0.25, 0.3) is 0 Å². The lowest BCUT2D eigenvalue weighted by Crippen LogP contribution is -2.47. The summed E-state index contributed by atoms with van der Waals surface area (Å²) in [5.41, 5.74) is 6.60. The van der Waals surface area contributed by atoms with E-state index in [-0.39, 0.29) is 6.04 Å². The zero-order chi connectivity index (χ0) is 13.7. The number of ether oxygens (including phenoxy) is 1. The Morgan fingerprint density at radius 3 is 2.11 bits per heavy atom. The van der Waals surface area contributed by atoms with E-state index in [9.17, 15) is 0 Å². The molecule has 2 aliphatic rings. The van der Waals surface area contributed by atoms with Crippen molar-refractivity contribution >= 4 is 0 Å². The van der Waals surface area contributed by atoms with Crippen molar-refractivity contribution in [3.05, 3.63) is 0 Å². The molecule has 0 aromatic heterocycles. The van der Waals surface area contributed by atoms with Gasteiger partial charge in [0.15, 0.2) is 0 Å². The number of methoxy groups -OCH3 is 1. The van der Waals surface area contributed by atoms with Crippen molar-refractivity contribution in [2.45, 2.75) is 83.3 Å². The van der Waals surface area contributed by atoms with Crippen molar-refractivity contribution in [2.75, 3.05) is 7.11 Å². The van der Waals surface area contributed by atoms with Crippen LogP contribution in [0.3, 0.4) is 0 Å². The smallest absolute Gasteiger partial charge is 0.0752 e. The van der Waals surface area contributed by atoms with Crippen LogP contribution < -0.4 is 5.73 Å². The Kier molecular flexibility index (Phi) is 6.15. The van der Waals surface area contributed by atoms with Gasteiger partial charge in [-0.15, -0.1) is 0 Å². The highest BCUT2D eigenvalue weighted by atomic mass is 16.5. The summed E-state index contributed by atoms with van der Waals surface area (Å²) >= 11 is 0. The minimum Gasteiger partial charge on any atom is -0.380 e. The first-order valence-corrected chi connectivity index (χ1v) is 8.54. The molecular formula is C17H33NO. The lowest BCUT2D eigenvalue weighted by atomic mass is 9.73. The Hall–Kier alpha value is -0.0800. The van der Waals surface area contributed by atoms with Gasteiger partial charge in [0.1, 0.15) is 0 Å². The van der Waals surface area contributed by atoms with Gasteiger partial charge in [-0.25, -0.2) is 0 Å². The molecular weight excluding hydrogens is 234 g/mol. The van der Waals surface area contributed by atoms with E-state index in [0.717, 1.165) is 11.8 Å². The Morgan fingerprint density at radius 2 is 1.58 bits per heavy atom. The van der Waals surface area contributed by atoms with Gasteiger partial charge in [-0.05, 0) is 43.4 Å². The second-order valence-corrected chi connectivity index (χ2v) is 6.86. The minimum absolute atomic E-state index is 0.269. The second-order valence-electron chi connectivity index (χ2n) is 6.86. The first-order chi connectivity index (χ1) is 9.26. The number of hydrogen-bond acceptors (Lipinski definition) is 2. The molecule has 0 bridgehead atoms. The Morgan fingerprint density at radius 1 is 0.947 bits per heavy atom. The molecule has 2 unspecified atom stereocenters. The topological polar surface area (TPSA) is 35.2 Å². The van der Waals surface area contributed by atoms with E-state index in [0.29, 0.717) is 12.0 Å². The van der Waals surface area contributed by atoms with E-state index in [1.165, 1.54) is 64.2 Å². The quantitative estimate of drug-likeness (QED) is 0.813. The van der Waals surface area contributed by atoms with Crippen LogP contribution in [0.4, 0.5) is 0 Å². The first kappa shape index (κ1) is 15.3. The SMILES string of the molecule is CCC1CCC(C(N)C(OC)C2CCCCC2)CC1. The van der Waals surface area contributed by atoms with Crippen molar-refractivity contribution < 1.29 is 4.74 Å². The largest absolute Gasteiger partial charge is 0.380 e. The van der Waals surface area contributed by atoms with Crippen molar-refractivity contribution in [2.24, 2.45) is 23.5 Å². The summed E-state index contributed by atoms with van der Waals surface area (Å²) in [7, 11) is 1.87. The van der Waals surface area contributed by atoms with Crippen LogP contribution in [0.15, 0.2) is 0 Å². The van der Waals surface area contributed by atoms with Gasteiger partial charge >= 0.3 is 0 Å². The summed E-state index contributed by atoms with van der Waals surface area (Å²) in [4.78, 5) is 0. The van der Waals surface area contributed by atoms with E-state index in [2.05, 4.69) is 6.92 Å². The molecule has 2 N–H and O–H groups in total. The van der Waals surface area contributed by atoms with Crippen molar-refractivity contribution in [3.8, 4) is 0 Å². The molecule has 0 aliphatic heterocycles. The lowest BCUT2D eigenvalue weighted by Gasteiger charge is -2.39. The molecule has 0 amide bonds. The van der Waals surface area contributed by atoms with Crippen molar-refractivity contribution in [1.82, 2.24) is 0 Å². The highest BCUT2D eigenvalue weighted by Crippen LogP contribution is 2.36. The monoisotopic (exact) mass is 267 g/mol. The molecule has 0 radical (unpaired) electrons. The summed E-state index contributed by atoms with van der Waals surface area (Å²) in [6.07, 6.45) is 13.9. The second kappa shape index (κ2) is 7.64. The summed E-state index contributed by atoms with van der Waals surface area (Å²) in [6, 6.07) is 0.269. The fourth-order valence-electron chi connectivity index (χ4n) is 4.38. The molecule has 0 aromatic carbocycles. The average Bonchev–Trinajstić information content (AvgIpc) is 2.49. The maximum absolute atomic E-state index is 6.60. The predicted molar refractivity (Wildman–Crippen MR) is 81.1 cm³/mol. The molecule has 2 nitrogen and oxygen atoms in total. The van der Waals surface area contributed by atoms with Crippen molar-refractivity contribution in [3.63, 3.8) is 0 Å². The zero-order valence-corrected chi connectivity index (χ0v) is 12.9. The molecule has 2 saturated carbocycles. The molecule has 19 heavy (non-hydrogen) atoms. The fraction of sp³-hybridized carbons (Fsp3) is 1.00. The van der Waals surface area contributed by atoms with Crippen LogP contribution in [-0.2, 0) is 4.74 Å². The molecule has 0 aromatic rings. The van der Waals surface area contributed by atoms with Crippen LogP contribution in [0, 0.1) is 17.8 Å². The van der Waals surface area contributed by atoms with E-state index >= 15 is 0 Å². The molecule has 2 heteroatoms. The van der Waals surface area contributed by atoms with Gasteiger partial charge in [-0.2, -0.15) is 0 Å². The molecule has 2 fully saturated rings. The third kappa shape index (κ3) is 3.95. The summed E-state index contributed by atoms with van der Waals surface area (Å²) in [6.45, 7) is 2.32. The maximum atomic E-state index is 6.60. The maximum Gasteiger partial charge on any atom is 0.0752 e. The van der Waals surface area contributed by atoms with Gasteiger partial charge in [0.2, 0.25) is 0 Å². The normalized spacial score (nSPS) is 33.0. The molecule has 112 valence electrons. The van der Waals surface area contributed by atoms with Gasteiger partial charge in [0.05, 0.1) is 6.10 Å². The van der Waals surface area contributed by atoms with Crippen LogP contribution in [-0.4, -0.2) is 19.3 Å². The molecule has 0 spiro atoms. The molecule has 0 saturated heterocycles. The standard InChI is InChI=1S/C17H33NO/c1-3-13-9-11-14(12-10-13)16(18)17(19-2)15-7-5-4-6-8-15/h13-17H,3-12,18H2,1-2H3. The van der Waals surface area contributed by atoms with Crippen LogP contribution in [0.5, 0.6) is 0 Å². The fourth-order valence-corrected chi connectivity index (χ4v) is 4.38. The van der Waals surface area contributed by atoms with Crippen LogP contribution >= 0.6 is 0 Å². The third-order valence-electron chi connectivity index (χ3n) is 5.78. The predicted octanol–water partition coefficient (Wildman–Crippen LogP) is 4.13. The van der Waals surface area contributed by atoms with Gasteiger partial charge < -0.3 is 10.5 Å². The van der Waals surface area contributed by atoms with Gasteiger partial charge in [0, 0.05) is 13.2 Å². The third-order valence-corrected chi connectivity index (χ3v) is 5.78. The first-order valence-electron chi connectivity index (χ1n) is 8.54. The summed E-state index contributed by atoms with van der Waals surface area (Å²) < 4.78 is 5.83. The average molecular weight is 267 g/mol. The van der Waals surface area contributed by atoms with E-state index < -0.39 is 0 Å². The van der Waals surface area contributed by atoms with E-state index in [4.69, 9.17) is 10.5 Å². The Labute approximate surface area is 119 Å². The highest BCUT2D eigenvalue weighted by molar-refractivity contribution is 4.89. The Bertz CT molecular complexity index is 242. The zero-order valence-electron chi connectivity index (χ0n) is 12.9. The molecule has 2 aliphatic carbocycles.